The fourth-order valence-electron chi connectivity index (χ4n) is 4.10. The normalized spacial score (nSPS) is 22.0. The summed E-state index contributed by atoms with van der Waals surface area (Å²) in [6.07, 6.45) is 0.283. The van der Waals surface area contributed by atoms with Crippen LogP contribution in [-0.4, -0.2) is 73.8 Å². The topological polar surface area (TPSA) is 91.4 Å². The number of anilines is 2. The molecule has 1 N–H and O–H groups in total. The van der Waals surface area contributed by atoms with Crippen LogP contribution in [0.3, 0.4) is 0 Å². The first-order valence-electron chi connectivity index (χ1n) is 10.3. The van der Waals surface area contributed by atoms with Crippen molar-refractivity contribution in [3.63, 3.8) is 0 Å². The van der Waals surface area contributed by atoms with E-state index in [2.05, 4.69) is 15.1 Å². The first kappa shape index (κ1) is 20.5. The van der Waals surface area contributed by atoms with Gasteiger partial charge in [-0.2, -0.15) is 0 Å². The standard InChI is InChI=1S/C21H28N4O5/c1-21(2,3)30-19(27)12-23-8-9-24-15(11-23)13-29-17-10-14(4-5-16(17)24)25-7-6-18(26)22-20(25)28/h4-5,10,15H,6-9,11-13H2,1-3H3,(H,22,26,28)/t15-/m0/s1. The van der Waals surface area contributed by atoms with Crippen molar-refractivity contribution in [2.45, 2.75) is 38.8 Å². The van der Waals surface area contributed by atoms with Crippen LogP contribution in [0, 0.1) is 0 Å². The van der Waals surface area contributed by atoms with Gasteiger partial charge in [-0.15, -0.1) is 0 Å². The summed E-state index contributed by atoms with van der Waals surface area (Å²) in [5, 5.41) is 2.34. The number of esters is 1. The molecule has 2 fully saturated rings. The Balaban J connectivity index is 1.42. The Morgan fingerprint density at radius 2 is 2.03 bits per heavy atom. The Labute approximate surface area is 175 Å². The van der Waals surface area contributed by atoms with Gasteiger partial charge in [-0.1, -0.05) is 0 Å². The zero-order chi connectivity index (χ0) is 21.5. The Kier molecular flexibility index (Phi) is 5.31. The maximum atomic E-state index is 12.2. The van der Waals surface area contributed by atoms with Crippen molar-refractivity contribution < 1.29 is 23.9 Å². The smallest absolute Gasteiger partial charge is 0.328 e. The van der Waals surface area contributed by atoms with Gasteiger partial charge in [-0.25, -0.2) is 4.79 Å². The number of carbonyl (C=O) groups is 3. The molecular formula is C21H28N4O5. The predicted octanol–water partition coefficient (Wildman–Crippen LogP) is 1.36. The molecule has 4 rings (SSSR count). The maximum absolute atomic E-state index is 12.2. The molecule has 1 atom stereocenters. The summed E-state index contributed by atoms with van der Waals surface area (Å²) < 4.78 is 11.4. The Morgan fingerprint density at radius 3 is 2.77 bits per heavy atom. The molecule has 0 saturated carbocycles. The van der Waals surface area contributed by atoms with Gasteiger partial charge in [0.25, 0.3) is 0 Å². The Morgan fingerprint density at radius 1 is 1.23 bits per heavy atom. The third kappa shape index (κ3) is 4.35. The molecule has 9 nitrogen and oxygen atoms in total. The summed E-state index contributed by atoms with van der Waals surface area (Å²) in [5.74, 6) is 0.266. The van der Waals surface area contributed by atoms with Crippen LogP contribution in [0.4, 0.5) is 16.2 Å². The van der Waals surface area contributed by atoms with Gasteiger partial charge >= 0.3 is 12.0 Å². The van der Waals surface area contributed by atoms with E-state index in [1.165, 1.54) is 0 Å². The molecule has 1 aromatic carbocycles. The van der Waals surface area contributed by atoms with Gasteiger partial charge in [0.2, 0.25) is 5.91 Å². The molecular weight excluding hydrogens is 388 g/mol. The maximum Gasteiger partial charge on any atom is 0.328 e. The van der Waals surface area contributed by atoms with Gasteiger partial charge in [0.05, 0.1) is 18.3 Å². The molecule has 0 unspecified atom stereocenters. The number of nitrogens with one attached hydrogen (secondary N) is 1. The van der Waals surface area contributed by atoms with Crippen LogP contribution in [0.2, 0.25) is 0 Å². The fourth-order valence-corrected chi connectivity index (χ4v) is 4.10. The second-order valence-corrected chi connectivity index (χ2v) is 8.89. The van der Waals surface area contributed by atoms with Crippen LogP contribution in [0.15, 0.2) is 18.2 Å². The van der Waals surface area contributed by atoms with Crippen molar-refractivity contribution in [1.82, 2.24) is 10.2 Å². The van der Waals surface area contributed by atoms with Crippen LogP contribution in [0.5, 0.6) is 5.75 Å². The minimum Gasteiger partial charge on any atom is -0.489 e. The lowest BCUT2D eigenvalue weighted by Gasteiger charge is -2.45. The Bertz CT molecular complexity index is 865. The van der Waals surface area contributed by atoms with E-state index in [4.69, 9.17) is 9.47 Å². The number of hydrogen-bond donors (Lipinski definition) is 1. The summed E-state index contributed by atoms with van der Waals surface area (Å²) in [6, 6.07) is 5.44. The number of fused-ring (bicyclic) bond motifs is 3. The van der Waals surface area contributed by atoms with E-state index in [1.54, 1.807) is 4.90 Å². The van der Waals surface area contributed by atoms with E-state index in [1.807, 2.05) is 39.0 Å². The summed E-state index contributed by atoms with van der Waals surface area (Å²) in [7, 11) is 0. The predicted molar refractivity (Wildman–Crippen MR) is 111 cm³/mol. The number of imide groups is 1. The van der Waals surface area contributed by atoms with Gasteiger partial charge in [-0.3, -0.25) is 24.7 Å². The molecule has 162 valence electrons. The number of carbonyl (C=O) groups excluding carboxylic acids is 3. The Hall–Kier alpha value is -2.81. The quantitative estimate of drug-likeness (QED) is 0.744. The van der Waals surface area contributed by atoms with E-state index in [0.29, 0.717) is 18.8 Å². The molecule has 30 heavy (non-hydrogen) atoms. The number of piperazine rings is 1. The lowest BCUT2D eigenvalue weighted by molar-refractivity contribution is -0.156. The zero-order valence-electron chi connectivity index (χ0n) is 17.6. The first-order valence-corrected chi connectivity index (χ1v) is 10.3. The van der Waals surface area contributed by atoms with Crippen LogP contribution < -0.4 is 19.9 Å². The molecule has 0 bridgehead atoms. The van der Waals surface area contributed by atoms with E-state index in [-0.39, 0.29) is 30.9 Å². The lowest BCUT2D eigenvalue weighted by Crippen LogP contribution is -2.58. The van der Waals surface area contributed by atoms with E-state index < -0.39 is 11.6 Å². The number of urea groups is 1. The van der Waals surface area contributed by atoms with E-state index in [0.717, 1.165) is 31.1 Å². The highest BCUT2D eigenvalue weighted by Gasteiger charge is 2.35. The molecule has 3 aliphatic rings. The van der Waals surface area contributed by atoms with Crippen LogP contribution in [0.1, 0.15) is 27.2 Å². The van der Waals surface area contributed by atoms with Gasteiger partial charge in [0, 0.05) is 44.4 Å². The average molecular weight is 416 g/mol. The van der Waals surface area contributed by atoms with Gasteiger partial charge in [-0.05, 0) is 32.9 Å². The largest absolute Gasteiger partial charge is 0.489 e. The highest BCUT2D eigenvalue weighted by molar-refractivity contribution is 6.05. The summed E-state index contributed by atoms with van der Waals surface area (Å²) in [5.41, 5.74) is 1.21. The minimum atomic E-state index is -0.484. The number of rotatable bonds is 3. The SMILES string of the molecule is CC(C)(C)OC(=O)CN1CCN2c3ccc(N4CCC(=O)NC4=O)cc3OC[C@@H]2C1. The minimum absolute atomic E-state index is 0.149. The van der Waals surface area contributed by atoms with Crippen LogP contribution in [-0.2, 0) is 14.3 Å². The monoisotopic (exact) mass is 416 g/mol. The van der Waals surface area contributed by atoms with Crippen molar-refractivity contribution >= 4 is 29.3 Å². The second-order valence-electron chi connectivity index (χ2n) is 8.89. The highest BCUT2D eigenvalue weighted by atomic mass is 16.6. The molecule has 0 aliphatic carbocycles. The van der Waals surface area contributed by atoms with Crippen molar-refractivity contribution in [1.29, 1.82) is 0 Å². The summed E-state index contributed by atoms with van der Waals surface area (Å²) in [6.45, 7) is 9.00. The molecule has 3 amide bonds. The van der Waals surface area contributed by atoms with Crippen molar-refractivity contribution in [3.05, 3.63) is 18.2 Å². The third-order valence-corrected chi connectivity index (χ3v) is 5.39. The fraction of sp³-hybridized carbons (Fsp3) is 0.571. The average Bonchev–Trinajstić information content (AvgIpc) is 2.65. The molecule has 3 aliphatic heterocycles. The molecule has 9 heteroatoms. The number of hydrogen-bond acceptors (Lipinski definition) is 7. The third-order valence-electron chi connectivity index (χ3n) is 5.39. The van der Waals surface area contributed by atoms with Gasteiger partial charge in [0.15, 0.2) is 0 Å². The van der Waals surface area contributed by atoms with Crippen molar-refractivity contribution in [3.8, 4) is 5.75 Å². The molecule has 0 aromatic heterocycles. The molecule has 0 spiro atoms. The lowest BCUT2D eigenvalue weighted by atomic mass is 10.1. The van der Waals surface area contributed by atoms with Gasteiger partial charge < -0.3 is 14.4 Å². The summed E-state index contributed by atoms with van der Waals surface area (Å²) in [4.78, 5) is 41.6. The van der Waals surface area contributed by atoms with E-state index in [9.17, 15) is 14.4 Å². The molecule has 2 saturated heterocycles. The highest BCUT2D eigenvalue weighted by Crippen LogP contribution is 2.38. The van der Waals surface area contributed by atoms with E-state index >= 15 is 0 Å². The molecule has 1 aromatic rings. The molecule has 0 radical (unpaired) electrons. The van der Waals surface area contributed by atoms with Crippen molar-refractivity contribution in [2.24, 2.45) is 0 Å². The number of benzene rings is 1. The van der Waals surface area contributed by atoms with Crippen LogP contribution in [0.25, 0.3) is 0 Å². The number of amides is 3. The number of nitrogens with zero attached hydrogens (tertiary/aromatic N) is 3. The molecule has 3 heterocycles. The van der Waals surface area contributed by atoms with Gasteiger partial charge in [0.1, 0.15) is 18.0 Å². The number of ether oxygens (including phenoxy) is 2. The second kappa shape index (κ2) is 7.79. The zero-order valence-corrected chi connectivity index (χ0v) is 17.6. The summed E-state index contributed by atoms with van der Waals surface area (Å²) >= 11 is 0. The van der Waals surface area contributed by atoms with Crippen LogP contribution >= 0.6 is 0 Å². The first-order chi connectivity index (χ1) is 14.2. The van der Waals surface area contributed by atoms with Crippen molar-refractivity contribution in [2.75, 3.05) is 49.1 Å².